The van der Waals surface area contributed by atoms with Gasteiger partial charge in [-0.3, -0.25) is 4.79 Å². The summed E-state index contributed by atoms with van der Waals surface area (Å²) >= 11 is 5.91. The van der Waals surface area contributed by atoms with E-state index >= 15 is 0 Å². The van der Waals surface area contributed by atoms with Crippen molar-refractivity contribution in [3.8, 4) is 5.75 Å². The van der Waals surface area contributed by atoms with Crippen molar-refractivity contribution >= 4 is 17.5 Å². The molecule has 1 aromatic rings. The zero-order valence-corrected chi connectivity index (χ0v) is 10.1. The Kier molecular flexibility index (Phi) is 3.54. The maximum Gasteiger partial charge on any atom is 0.253 e. The molecule has 17 heavy (non-hydrogen) atoms. The van der Waals surface area contributed by atoms with E-state index in [1.165, 1.54) is 18.2 Å². The van der Waals surface area contributed by atoms with Crippen LogP contribution in [0.3, 0.4) is 0 Å². The highest BCUT2D eigenvalue weighted by atomic mass is 35.5. The van der Waals surface area contributed by atoms with Crippen molar-refractivity contribution < 1.29 is 9.90 Å². The van der Waals surface area contributed by atoms with Crippen LogP contribution >= 0.6 is 11.6 Å². The molecule has 1 unspecified atom stereocenters. The van der Waals surface area contributed by atoms with Crippen molar-refractivity contribution in [1.82, 2.24) is 5.32 Å². The maximum absolute atomic E-state index is 12.0. The molecule has 1 aromatic carbocycles. The van der Waals surface area contributed by atoms with Gasteiger partial charge in [0.25, 0.3) is 5.91 Å². The van der Waals surface area contributed by atoms with Gasteiger partial charge < -0.3 is 16.2 Å². The minimum atomic E-state index is -0.284. The lowest BCUT2D eigenvalue weighted by Gasteiger charge is -2.16. The highest BCUT2D eigenvalue weighted by Gasteiger charge is 2.31. The lowest BCUT2D eigenvalue weighted by molar-refractivity contribution is 0.0933. The van der Waals surface area contributed by atoms with Gasteiger partial charge in [0, 0.05) is 12.6 Å². The second-order valence-corrected chi connectivity index (χ2v) is 4.72. The monoisotopic (exact) mass is 254 g/mol. The quantitative estimate of drug-likeness (QED) is 0.762. The number of nitrogens with two attached hydrogens (primary N) is 1. The molecule has 0 aliphatic heterocycles. The summed E-state index contributed by atoms with van der Waals surface area (Å²) in [6.07, 6.45) is 2.21. The molecule has 1 amide bonds. The van der Waals surface area contributed by atoms with Crippen molar-refractivity contribution in [3.05, 3.63) is 28.8 Å². The number of benzene rings is 1. The first kappa shape index (κ1) is 12.2. The number of hydrogen-bond donors (Lipinski definition) is 3. The van der Waals surface area contributed by atoms with Crippen LogP contribution in [-0.2, 0) is 0 Å². The summed E-state index contributed by atoms with van der Waals surface area (Å²) in [7, 11) is 0. The molecular formula is C12H15ClN2O2. The van der Waals surface area contributed by atoms with E-state index in [9.17, 15) is 9.90 Å². The molecule has 92 valence electrons. The van der Waals surface area contributed by atoms with Gasteiger partial charge in [-0.2, -0.15) is 0 Å². The number of hydrogen-bond acceptors (Lipinski definition) is 3. The van der Waals surface area contributed by atoms with Crippen LogP contribution in [0.25, 0.3) is 0 Å². The fourth-order valence-electron chi connectivity index (χ4n) is 1.80. The van der Waals surface area contributed by atoms with Crippen molar-refractivity contribution in [1.29, 1.82) is 0 Å². The zero-order valence-electron chi connectivity index (χ0n) is 9.32. The molecule has 0 heterocycles. The number of nitrogens with one attached hydrogen (secondary N) is 1. The zero-order chi connectivity index (χ0) is 12.4. The third kappa shape index (κ3) is 2.90. The first-order valence-corrected chi connectivity index (χ1v) is 5.99. The van der Waals surface area contributed by atoms with E-state index in [1.54, 1.807) is 0 Å². The average Bonchev–Trinajstić information content (AvgIpc) is 3.13. The highest BCUT2D eigenvalue weighted by molar-refractivity contribution is 6.33. The van der Waals surface area contributed by atoms with Crippen LogP contribution in [-0.4, -0.2) is 23.6 Å². The number of aromatic hydroxyl groups is 1. The van der Waals surface area contributed by atoms with Crippen molar-refractivity contribution in [2.24, 2.45) is 11.7 Å². The summed E-state index contributed by atoms with van der Waals surface area (Å²) in [6, 6.07) is 4.31. The van der Waals surface area contributed by atoms with Crippen LogP contribution < -0.4 is 11.1 Å². The molecule has 0 aromatic heterocycles. The number of halogens is 1. The lowest BCUT2D eigenvalue weighted by atomic mass is 10.1. The first-order valence-electron chi connectivity index (χ1n) is 5.61. The van der Waals surface area contributed by atoms with E-state index < -0.39 is 0 Å². The van der Waals surface area contributed by atoms with Gasteiger partial charge in [0.2, 0.25) is 0 Å². The Morgan fingerprint density at radius 3 is 2.88 bits per heavy atom. The van der Waals surface area contributed by atoms with Gasteiger partial charge in [-0.15, -0.1) is 0 Å². The molecule has 1 aliphatic carbocycles. The van der Waals surface area contributed by atoms with E-state index in [-0.39, 0.29) is 23.3 Å². The topological polar surface area (TPSA) is 75.3 Å². The second-order valence-electron chi connectivity index (χ2n) is 4.32. The molecule has 2 rings (SSSR count). The van der Waals surface area contributed by atoms with E-state index in [0.717, 1.165) is 12.8 Å². The van der Waals surface area contributed by atoms with Gasteiger partial charge in [-0.05, 0) is 37.0 Å². The summed E-state index contributed by atoms with van der Waals surface area (Å²) in [5, 5.41) is 12.5. The first-order chi connectivity index (χ1) is 8.11. The Hall–Kier alpha value is -1.26. The number of rotatable bonds is 4. The van der Waals surface area contributed by atoms with Crippen LogP contribution in [0.15, 0.2) is 18.2 Å². The van der Waals surface area contributed by atoms with E-state index in [0.29, 0.717) is 17.5 Å². The third-order valence-electron chi connectivity index (χ3n) is 2.96. The predicted octanol–water partition coefficient (Wildman–Crippen LogP) is 1.51. The normalized spacial score (nSPS) is 16.6. The molecule has 0 spiro atoms. The fraction of sp³-hybridized carbons (Fsp3) is 0.417. The fourth-order valence-corrected chi connectivity index (χ4v) is 2.00. The van der Waals surface area contributed by atoms with Gasteiger partial charge in [0.05, 0.1) is 10.6 Å². The number of carbonyl (C=O) groups excluding carboxylic acids is 1. The summed E-state index contributed by atoms with van der Waals surface area (Å²) in [4.78, 5) is 12.0. The van der Waals surface area contributed by atoms with Gasteiger partial charge in [-0.25, -0.2) is 0 Å². The maximum atomic E-state index is 12.0. The minimum absolute atomic E-state index is 0.000848. The summed E-state index contributed by atoms with van der Waals surface area (Å²) in [5.74, 6) is 0.226. The Morgan fingerprint density at radius 1 is 1.59 bits per heavy atom. The molecule has 1 saturated carbocycles. The Balaban J connectivity index is 2.10. The van der Waals surface area contributed by atoms with Gasteiger partial charge in [0.1, 0.15) is 5.75 Å². The van der Waals surface area contributed by atoms with Crippen molar-refractivity contribution in [2.45, 2.75) is 18.9 Å². The highest BCUT2D eigenvalue weighted by Crippen LogP contribution is 2.32. The van der Waals surface area contributed by atoms with Gasteiger partial charge in [-0.1, -0.05) is 11.6 Å². The predicted molar refractivity (Wildman–Crippen MR) is 66.1 cm³/mol. The molecular weight excluding hydrogens is 240 g/mol. The molecule has 4 nitrogen and oxygen atoms in total. The summed E-state index contributed by atoms with van der Waals surface area (Å²) in [5.41, 5.74) is 5.89. The lowest BCUT2D eigenvalue weighted by Crippen LogP contribution is -2.41. The summed E-state index contributed by atoms with van der Waals surface area (Å²) < 4.78 is 0. The van der Waals surface area contributed by atoms with Crippen molar-refractivity contribution in [3.63, 3.8) is 0 Å². The van der Waals surface area contributed by atoms with Crippen LogP contribution in [0.1, 0.15) is 23.2 Å². The molecule has 1 fully saturated rings. The Morgan fingerprint density at radius 2 is 2.29 bits per heavy atom. The molecule has 5 heteroatoms. The minimum Gasteiger partial charge on any atom is -0.508 e. The molecule has 0 radical (unpaired) electrons. The van der Waals surface area contributed by atoms with Crippen molar-refractivity contribution in [2.75, 3.05) is 6.54 Å². The number of phenolic OH excluding ortho intramolecular Hbond substituents is 1. The Labute approximate surface area is 105 Å². The largest absolute Gasteiger partial charge is 0.508 e. The molecule has 4 N–H and O–H groups in total. The van der Waals surface area contributed by atoms with Crippen LogP contribution in [0.5, 0.6) is 5.75 Å². The molecule has 0 bridgehead atoms. The second kappa shape index (κ2) is 4.94. The number of carbonyl (C=O) groups is 1. The van der Waals surface area contributed by atoms with Gasteiger partial charge in [0.15, 0.2) is 0 Å². The molecule has 1 atom stereocenters. The average molecular weight is 255 g/mol. The van der Waals surface area contributed by atoms with Crippen LogP contribution in [0.2, 0.25) is 5.02 Å². The molecule has 0 saturated heterocycles. The SMILES string of the molecule is NCC(NC(=O)c1cc(O)ccc1Cl)C1CC1. The third-order valence-corrected chi connectivity index (χ3v) is 3.29. The van der Waals surface area contributed by atoms with Crippen LogP contribution in [0.4, 0.5) is 0 Å². The number of phenols is 1. The van der Waals surface area contributed by atoms with Gasteiger partial charge >= 0.3 is 0 Å². The smallest absolute Gasteiger partial charge is 0.253 e. The summed E-state index contributed by atoms with van der Waals surface area (Å²) in [6.45, 7) is 0.423. The van der Waals surface area contributed by atoms with Crippen LogP contribution in [0, 0.1) is 5.92 Å². The van der Waals surface area contributed by atoms with E-state index in [2.05, 4.69) is 5.32 Å². The Bertz CT molecular complexity index is 433. The number of amides is 1. The standard InChI is InChI=1S/C12H15ClN2O2/c13-10-4-3-8(16)5-9(10)12(17)15-11(6-14)7-1-2-7/h3-5,7,11,16H,1-2,6,14H2,(H,15,17). The van der Waals surface area contributed by atoms with E-state index in [4.69, 9.17) is 17.3 Å². The van der Waals surface area contributed by atoms with E-state index in [1.807, 2.05) is 0 Å². The molecule has 1 aliphatic rings.